The Morgan fingerprint density at radius 3 is 2.95 bits per heavy atom. The molecule has 0 saturated carbocycles. The maximum atomic E-state index is 6.13. The number of nitrogens with two attached hydrogens (primary N) is 1. The van der Waals surface area contributed by atoms with Gasteiger partial charge in [0.15, 0.2) is 5.82 Å². The van der Waals surface area contributed by atoms with Gasteiger partial charge in [0, 0.05) is 24.9 Å². The molecular weight excluding hydrogens is 290 g/mol. The van der Waals surface area contributed by atoms with Crippen LogP contribution in [0.15, 0.2) is 6.33 Å². The first-order chi connectivity index (χ1) is 10.1. The molecule has 8 heteroatoms. The van der Waals surface area contributed by atoms with E-state index in [1.165, 1.54) is 6.33 Å². The third-order valence-electron chi connectivity index (χ3n) is 3.65. The third-order valence-corrected chi connectivity index (χ3v) is 4.02. The minimum atomic E-state index is 0.220. The summed E-state index contributed by atoms with van der Waals surface area (Å²) in [7, 11) is 0. The molecule has 0 aromatic carbocycles. The topological polar surface area (TPSA) is 94.5 Å². The smallest absolute Gasteiger partial charge is 0.150 e. The molecule has 0 bridgehead atoms. The number of hydrogen-bond donors (Lipinski definition) is 2. The second-order valence-electron chi connectivity index (χ2n) is 5.54. The van der Waals surface area contributed by atoms with E-state index < -0.39 is 0 Å². The lowest BCUT2D eigenvalue weighted by Gasteiger charge is -2.26. The normalized spacial score (nSPS) is 17.8. The Hall–Kier alpha value is -1.89. The minimum absolute atomic E-state index is 0.220. The second kappa shape index (κ2) is 5.48. The van der Waals surface area contributed by atoms with Gasteiger partial charge in [0.05, 0.1) is 0 Å². The lowest BCUT2D eigenvalue weighted by molar-refractivity contribution is 0.458. The van der Waals surface area contributed by atoms with E-state index in [2.05, 4.69) is 43.9 Å². The van der Waals surface area contributed by atoms with Crippen molar-refractivity contribution in [3.63, 3.8) is 0 Å². The van der Waals surface area contributed by atoms with Gasteiger partial charge in [0.1, 0.15) is 28.8 Å². The quantitative estimate of drug-likeness (QED) is 0.898. The summed E-state index contributed by atoms with van der Waals surface area (Å²) in [6, 6.07) is 0.220. The molecule has 7 nitrogen and oxygen atoms in total. The molecule has 112 valence electrons. The fourth-order valence-electron chi connectivity index (χ4n) is 2.57. The molecule has 1 aliphatic rings. The van der Waals surface area contributed by atoms with Crippen LogP contribution in [0.5, 0.6) is 0 Å². The number of fused-ring (bicyclic) bond motifs is 1. The minimum Gasteiger partial charge on any atom is -0.382 e. The Balaban J connectivity index is 1.80. The van der Waals surface area contributed by atoms with Gasteiger partial charge in [-0.1, -0.05) is 25.4 Å². The van der Waals surface area contributed by atoms with Crippen LogP contribution in [0, 0.1) is 0 Å². The van der Waals surface area contributed by atoms with Crippen molar-refractivity contribution in [1.82, 2.24) is 24.7 Å². The number of hydrogen-bond acceptors (Lipinski definition) is 6. The Bertz CT molecular complexity index is 652. The summed E-state index contributed by atoms with van der Waals surface area (Å²) in [5, 5.41) is 12.3. The van der Waals surface area contributed by atoms with E-state index in [0.29, 0.717) is 16.8 Å². The molecule has 0 unspecified atom stereocenters. The van der Waals surface area contributed by atoms with Gasteiger partial charge in [-0.3, -0.25) is 0 Å². The molecule has 3 heterocycles. The largest absolute Gasteiger partial charge is 0.382 e. The summed E-state index contributed by atoms with van der Waals surface area (Å²) >= 11 is 6.13. The number of rotatable bonds is 3. The van der Waals surface area contributed by atoms with E-state index in [9.17, 15) is 0 Å². The maximum absolute atomic E-state index is 6.13. The molecule has 2 aromatic rings. The molecule has 1 aliphatic heterocycles. The van der Waals surface area contributed by atoms with Crippen LogP contribution < -0.4 is 11.1 Å². The lowest BCUT2D eigenvalue weighted by Crippen LogP contribution is -2.32. The average Bonchev–Trinajstić information content (AvgIpc) is 2.87. The van der Waals surface area contributed by atoms with Crippen molar-refractivity contribution in [1.29, 1.82) is 0 Å². The third kappa shape index (κ3) is 2.65. The Morgan fingerprint density at radius 2 is 2.19 bits per heavy atom. The van der Waals surface area contributed by atoms with Gasteiger partial charge in [0.25, 0.3) is 0 Å². The molecule has 0 fully saturated rings. The van der Waals surface area contributed by atoms with Crippen LogP contribution in [0.3, 0.4) is 0 Å². The van der Waals surface area contributed by atoms with Crippen LogP contribution in [0.2, 0.25) is 5.02 Å². The van der Waals surface area contributed by atoms with E-state index in [-0.39, 0.29) is 11.9 Å². The van der Waals surface area contributed by atoms with Gasteiger partial charge in [0.2, 0.25) is 0 Å². The molecule has 3 N–H and O–H groups in total. The van der Waals surface area contributed by atoms with E-state index in [0.717, 1.165) is 31.0 Å². The Morgan fingerprint density at radius 1 is 1.38 bits per heavy atom. The zero-order valence-corrected chi connectivity index (χ0v) is 12.8. The summed E-state index contributed by atoms with van der Waals surface area (Å²) in [5.41, 5.74) is 5.70. The molecule has 21 heavy (non-hydrogen) atoms. The molecule has 0 aliphatic carbocycles. The average molecular weight is 308 g/mol. The number of nitrogen functional groups attached to an aromatic ring is 1. The predicted molar refractivity (Wildman–Crippen MR) is 81.3 cm³/mol. The van der Waals surface area contributed by atoms with Gasteiger partial charge in [-0.05, 0) is 6.42 Å². The summed E-state index contributed by atoms with van der Waals surface area (Å²) in [5.74, 6) is 3.28. The second-order valence-corrected chi connectivity index (χ2v) is 5.92. The van der Waals surface area contributed by atoms with Gasteiger partial charge in [-0.25, -0.2) is 9.97 Å². The van der Waals surface area contributed by atoms with Gasteiger partial charge in [-0.2, -0.15) is 0 Å². The highest BCUT2D eigenvalue weighted by atomic mass is 35.5. The fraction of sp³-hybridized carbons (Fsp3) is 0.538. The van der Waals surface area contributed by atoms with Crippen molar-refractivity contribution < 1.29 is 0 Å². The number of anilines is 2. The van der Waals surface area contributed by atoms with Crippen LogP contribution in [0.4, 0.5) is 11.6 Å². The Kier molecular flexibility index (Phi) is 3.67. The van der Waals surface area contributed by atoms with Gasteiger partial charge < -0.3 is 15.6 Å². The van der Waals surface area contributed by atoms with Crippen molar-refractivity contribution in [2.24, 2.45) is 0 Å². The van der Waals surface area contributed by atoms with Crippen LogP contribution in [-0.2, 0) is 13.0 Å². The molecule has 2 aromatic heterocycles. The van der Waals surface area contributed by atoms with E-state index in [4.69, 9.17) is 17.3 Å². The standard InChI is InChI=1S/C13H18ClN7/c1-7(2)13-20-19-9-4-3-8(5-21(9)13)18-12-10(14)11(15)16-6-17-12/h6-8H,3-5H2,1-2H3,(H3,15,16,17,18)/t8-/m1/s1. The van der Waals surface area contributed by atoms with Crippen molar-refractivity contribution in [3.05, 3.63) is 23.0 Å². The fourth-order valence-corrected chi connectivity index (χ4v) is 2.72. The first kappa shape index (κ1) is 14.1. The molecule has 0 saturated heterocycles. The first-order valence-electron chi connectivity index (χ1n) is 7.00. The van der Waals surface area contributed by atoms with Crippen molar-refractivity contribution in [2.45, 2.75) is 45.2 Å². The summed E-state index contributed by atoms with van der Waals surface area (Å²) in [6.07, 6.45) is 3.25. The van der Waals surface area contributed by atoms with E-state index in [1.54, 1.807) is 0 Å². The summed E-state index contributed by atoms with van der Waals surface area (Å²) in [4.78, 5) is 8.03. The summed E-state index contributed by atoms with van der Waals surface area (Å²) < 4.78 is 2.18. The van der Waals surface area contributed by atoms with Crippen molar-refractivity contribution in [2.75, 3.05) is 11.1 Å². The molecular formula is C13H18ClN7. The van der Waals surface area contributed by atoms with Crippen molar-refractivity contribution >= 4 is 23.2 Å². The first-order valence-corrected chi connectivity index (χ1v) is 7.38. The Labute approximate surface area is 127 Å². The number of nitrogens with one attached hydrogen (secondary N) is 1. The van der Waals surface area contributed by atoms with E-state index in [1.807, 2.05) is 0 Å². The number of aryl methyl sites for hydroxylation is 1. The zero-order valence-electron chi connectivity index (χ0n) is 12.0. The van der Waals surface area contributed by atoms with Crippen LogP contribution in [-0.4, -0.2) is 30.8 Å². The molecule has 0 amide bonds. The highest BCUT2D eigenvalue weighted by Gasteiger charge is 2.24. The number of halogens is 1. The SMILES string of the molecule is CC(C)c1nnc2n1C[C@H](Nc1ncnc(N)c1Cl)CC2. The highest BCUT2D eigenvalue weighted by Crippen LogP contribution is 2.26. The van der Waals surface area contributed by atoms with Crippen molar-refractivity contribution in [3.8, 4) is 0 Å². The van der Waals surface area contributed by atoms with Crippen LogP contribution >= 0.6 is 11.6 Å². The van der Waals surface area contributed by atoms with Gasteiger partial charge >= 0.3 is 0 Å². The molecule has 3 rings (SSSR count). The number of nitrogens with zero attached hydrogens (tertiary/aromatic N) is 5. The highest BCUT2D eigenvalue weighted by molar-refractivity contribution is 6.35. The molecule has 0 spiro atoms. The van der Waals surface area contributed by atoms with E-state index >= 15 is 0 Å². The zero-order chi connectivity index (χ0) is 15.0. The molecule has 0 radical (unpaired) electrons. The molecule has 1 atom stereocenters. The van der Waals surface area contributed by atoms with Gasteiger partial charge in [-0.15, -0.1) is 10.2 Å². The van der Waals surface area contributed by atoms with Crippen LogP contribution in [0.1, 0.15) is 37.8 Å². The maximum Gasteiger partial charge on any atom is 0.150 e. The predicted octanol–water partition coefficient (Wildman–Crippen LogP) is 1.85. The van der Waals surface area contributed by atoms with Crippen LogP contribution in [0.25, 0.3) is 0 Å². The number of aromatic nitrogens is 5. The summed E-state index contributed by atoms with van der Waals surface area (Å²) in [6.45, 7) is 5.04. The lowest BCUT2D eigenvalue weighted by atomic mass is 10.1. The monoisotopic (exact) mass is 307 g/mol.